The normalized spacial score (nSPS) is 20.6. The Morgan fingerprint density at radius 2 is 1.80 bits per heavy atom. The Balaban J connectivity index is 2.38. The van der Waals surface area contributed by atoms with Crippen LogP contribution in [-0.2, 0) is 4.74 Å². The lowest BCUT2D eigenvalue weighted by molar-refractivity contribution is -0.0148. The molecule has 2 N–H and O–H groups in total. The molecule has 1 heterocycles. The molecule has 0 aromatic carbocycles. The van der Waals surface area contributed by atoms with Crippen molar-refractivity contribution in [1.29, 1.82) is 0 Å². The van der Waals surface area contributed by atoms with Crippen LogP contribution in [0, 0.1) is 0 Å². The van der Waals surface area contributed by atoms with Gasteiger partial charge in [0.1, 0.15) is 0 Å². The van der Waals surface area contributed by atoms with Gasteiger partial charge in [-0.15, -0.1) is 0 Å². The summed E-state index contributed by atoms with van der Waals surface area (Å²) in [6.07, 6.45) is 0.998. The Hall–Kier alpha value is -0.200. The molecule has 0 bridgehead atoms. The lowest BCUT2D eigenvalue weighted by Crippen LogP contribution is -2.54. The highest BCUT2D eigenvalue weighted by Gasteiger charge is 2.28. The molecule has 20 heavy (non-hydrogen) atoms. The molecule has 0 amide bonds. The second kappa shape index (κ2) is 8.29. The predicted molar refractivity (Wildman–Crippen MR) is 85.1 cm³/mol. The van der Waals surface area contributed by atoms with Crippen LogP contribution in [0.5, 0.6) is 0 Å². The number of nitrogens with zero attached hydrogens (tertiary/aromatic N) is 3. The van der Waals surface area contributed by atoms with E-state index in [2.05, 4.69) is 42.6 Å². The summed E-state index contributed by atoms with van der Waals surface area (Å²) in [5, 5.41) is 0. The summed E-state index contributed by atoms with van der Waals surface area (Å²) in [7, 11) is 6.05. The van der Waals surface area contributed by atoms with Crippen LogP contribution in [0.1, 0.15) is 20.3 Å². The fraction of sp³-hybridized carbons (Fsp3) is 1.00. The van der Waals surface area contributed by atoms with Crippen molar-refractivity contribution in [3.8, 4) is 0 Å². The van der Waals surface area contributed by atoms with E-state index < -0.39 is 0 Å². The molecule has 1 atom stereocenters. The molecule has 1 unspecified atom stereocenters. The molecule has 0 aromatic rings. The Kier molecular flexibility index (Phi) is 7.40. The molecule has 0 aromatic heterocycles. The number of piperazine rings is 1. The van der Waals surface area contributed by atoms with Crippen molar-refractivity contribution in [2.75, 3.05) is 67.0 Å². The SMILES string of the molecule is COC(C)(C)CC(CN)N1CCN(CCN(C)C)CC1. The second-order valence-electron chi connectivity index (χ2n) is 6.74. The number of nitrogens with two attached hydrogens (primary N) is 1. The van der Waals surface area contributed by atoms with Gasteiger partial charge in [-0.2, -0.15) is 0 Å². The lowest BCUT2D eigenvalue weighted by atomic mass is 9.97. The minimum atomic E-state index is -0.0912. The highest BCUT2D eigenvalue weighted by molar-refractivity contribution is 4.84. The van der Waals surface area contributed by atoms with Crippen molar-refractivity contribution >= 4 is 0 Å². The van der Waals surface area contributed by atoms with Crippen LogP contribution in [0.25, 0.3) is 0 Å². The minimum absolute atomic E-state index is 0.0912. The molecule has 1 aliphatic rings. The third-order valence-electron chi connectivity index (χ3n) is 4.34. The van der Waals surface area contributed by atoms with Crippen molar-refractivity contribution in [3.63, 3.8) is 0 Å². The topological polar surface area (TPSA) is 45.0 Å². The van der Waals surface area contributed by atoms with Gasteiger partial charge in [0, 0.05) is 59.0 Å². The fourth-order valence-corrected chi connectivity index (χ4v) is 2.71. The molecular weight excluding hydrogens is 252 g/mol. The van der Waals surface area contributed by atoms with Crippen LogP contribution in [0.3, 0.4) is 0 Å². The summed E-state index contributed by atoms with van der Waals surface area (Å²) in [4.78, 5) is 7.33. The van der Waals surface area contributed by atoms with Crippen molar-refractivity contribution in [2.45, 2.75) is 31.9 Å². The quantitative estimate of drug-likeness (QED) is 0.696. The summed E-state index contributed by atoms with van der Waals surface area (Å²) in [5.41, 5.74) is 5.89. The third-order valence-corrected chi connectivity index (χ3v) is 4.34. The third kappa shape index (κ3) is 6.06. The summed E-state index contributed by atoms with van der Waals surface area (Å²) in [5.74, 6) is 0. The first-order chi connectivity index (χ1) is 9.38. The Labute approximate surface area is 125 Å². The first-order valence-corrected chi connectivity index (χ1v) is 7.74. The average Bonchev–Trinajstić information content (AvgIpc) is 2.43. The number of likely N-dealkylation sites (N-methyl/N-ethyl adjacent to an activating group) is 1. The smallest absolute Gasteiger partial charge is 0.0638 e. The molecule has 1 saturated heterocycles. The van der Waals surface area contributed by atoms with E-state index in [4.69, 9.17) is 10.5 Å². The Bertz CT molecular complexity index is 263. The second-order valence-corrected chi connectivity index (χ2v) is 6.74. The molecular formula is C15H34N4O. The van der Waals surface area contributed by atoms with Gasteiger partial charge >= 0.3 is 0 Å². The van der Waals surface area contributed by atoms with E-state index in [0.29, 0.717) is 12.6 Å². The maximum absolute atomic E-state index is 5.98. The fourth-order valence-electron chi connectivity index (χ4n) is 2.71. The number of ether oxygens (including phenoxy) is 1. The van der Waals surface area contributed by atoms with Crippen molar-refractivity contribution in [2.24, 2.45) is 5.73 Å². The molecule has 1 rings (SSSR count). The molecule has 0 saturated carbocycles. The first kappa shape index (κ1) is 17.9. The van der Waals surface area contributed by atoms with E-state index in [1.54, 1.807) is 7.11 Å². The highest BCUT2D eigenvalue weighted by Crippen LogP contribution is 2.19. The van der Waals surface area contributed by atoms with Gasteiger partial charge in [-0.1, -0.05) is 0 Å². The van der Waals surface area contributed by atoms with Crippen molar-refractivity contribution < 1.29 is 4.74 Å². The summed E-state index contributed by atoms with van der Waals surface area (Å²) in [6.45, 7) is 11.8. The van der Waals surface area contributed by atoms with Gasteiger partial charge in [-0.25, -0.2) is 0 Å². The Morgan fingerprint density at radius 1 is 1.20 bits per heavy atom. The zero-order valence-electron chi connectivity index (χ0n) is 14.1. The van der Waals surface area contributed by atoms with Crippen LogP contribution in [0.2, 0.25) is 0 Å². The molecule has 1 fully saturated rings. The maximum atomic E-state index is 5.98. The molecule has 5 heteroatoms. The van der Waals surface area contributed by atoms with E-state index in [1.807, 2.05) is 0 Å². The van der Waals surface area contributed by atoms with Gasteiger partial charge in [0.25, 0.3) is 0 Å². The largest absolute Gasteiger partial charge is 0.379 e. The van der Waals surface area contributed by atoms with Gasteiger partial charge in [0.2, 0.25) is 0 Å². The highest BCUT2D eigenvalue weighted by atomic mass is 16.5. The maximum Gasteiger partial charge on any atom is 0.0638 e. The van der Waals surface area contributed by atoms with Gasteiger partial charge in [-0.3, -0.25) is 9.80 Å². The van der Waals surface area contributed by atoms with E-state index in [-0.39, 0.29) is 5.60 Å². The average molecular weight is 286 g/mol. The number of hydrogen-bond acceptors (Lipinski definition) is 5. The Morgan fingerprint density at radius 3 is 2.25 bits per heavy atom. The summed E-state index contributed by atoms with van der Waals surface area (Å²) < 4.78 is 5.55. The monoisotopic (exact) mass is 286 g/mol. The number of hydrogen-bond donors (Lipinski definition) is 1. The molecule has 5 nitrogen and oxygen atoms in total. The van der Waals surface area contributed by atoms with Gasteiger partial charge in [0.15, 0.2) is 0 Å². The van der Waals surface area contributed by atoms with Crippen LogP contribution in [-0.4, -0.2) is 93.4 Å². The van der Waals surface area contributed by atoms with E-state index in [9.17, 15) is 0 Å². The van der Waals surface area contributed by atoms with Crippen LogP contribution in [0.4, 0.5) is 0 Å². The standard InChI is InChI=1S/C15H34N4O/c1-15(2,20-5)12-14(13-16)19-10-8-18(9-11-19)7-6-17(3)4/h14H,6-13,16H2,1-5H3. The molecule has 0 aliphatic carbocycles. The van der Waals surface area contributed by atoms with Crippen LogP contribution in [0.15, 0.2) is 0 Å². The van der Waals surface area contributed by atoms with E-state index in [0.717, 1.165) is 45.7 Å². The molecule has 1 aliphatic heterocycles. The molecule has 120 valence electrons. The zero-order valence-corrected chi connectivity index (χ0v) is 14.1. The number of methoxy groups -OCH3 is 1. The lowest BCUT2D eigenvalue weighted by Gasteiger charge is -2.41. The van der Waals surface area contributed by atoms with E-state index >= 15 is 0 Å². The first-order valence-electron chi connectivity index (χ1n) is 7.74. The van der Waals surface area contributed by atoms with Crippen LogP contribution >= 0.6 is 0 Å². The van der Waals surface area contributed by atoms with Crippen LogP contribution < -0.4 is 5.73 Å². The van der Waals surface area contributed by atoms with Gasteiger partial charge in [0.05, 0.1) is 5.60 Å². The summed E-state index contributed by atoms with van der Waals surface area (Å²) >= 11 is 0. The summed E-state index contributed by atoms with van der Waals surface area (Å²) in [6, 6.07) is 0.431. The minimum Gasteiger partial charge on any atom is -0.379 e. The van der Waals surface area contributed by atoms with E-state index in [1.165, 1.54) is 0 Å². The van der Waals surface area contributed by atoms with Gasteiger partial charge in [-0.05, 0) is 34.4 Å². The predicted octanol–water partition coefficient (Wildman–Crippen LogP) is 0.308. The van der Waals surface area contributed by atoms with Crippen molar-refractivity contribution in [3.05, 3.63) is 0 Å². The molecule has 0 spiro atoms. The van der Waals surface area contributed by atoms with Crippen molar-refractivity contribution in [1.82, 2.24) is 14.7 Å². The zero-order chi connectivity index (χ0) is 15.2. The van der Waals surface area contributed by atoms with Gasteiger partial charge < -0.3 is 15.4 Å². The number of rotatable bonds is 8. The molecule has 0 radical (unpaired) electrons.